The molecule has 1 N–H and O–H groups in total. The third-order valence-electron chi connectivity index (χ3n) is 3.24. The standard InChI is InChI=1S/C16H17Cl3N2/c1-10(13-8-11(17)4-6-14(13)18)20-12-5-7-16(21(2)3)15(19)9-12/h4-10,20H,1-3H3. The number of halogens is 3. The molecule has 0 aromatic heterocycles. The molecule has 0 heterocycles. The highest BCUT2D eigenvalue weighted by atomic mass is 35.5. The van der Waals surface area contributed by atoms with Crippen LogP contribution in [0, 0.1) is 0 Å². The SMILES string of the molecule is CC(Nc1ccc(N(C)C)c(Cl)c1)c1cc(Cl)ccc1Cl. The molecule has 5 heteroatoms. The normalized spacial score (nSPS) is 12.1. The van der Waals surface area contributed by atoms with Gasteiger partial charge in [0.15, 0.2) is 0 Å². The molecular formula is C16H17Cl3N2. The number of nitrogens with one attached hydrogen (secondary N) is 1. The molecule has 1 unspecified atom stereocenters. The molecule has 0 bridgehead atoms. The maximum Gasteiger partial charge on any atom is 0.0659 e. The zero-order valence-electron chi connectivity index (χ0n) is 12.1. The largest absolute Gasteiger partial charge is 0.378 e. The Morgan fingerprint density at radius 2 is 1.67 bits per heavy atom. The van der Waals surface area contributed by atoms with Crippen LogP contribution in [0.1, 0.15) is 18.5 Å². The number of nitrogens with zero attached hydrogens (tertiary/aromatic N) is 1. The molecule has 0 aliphatic rings. The van der Waals surface area contributed by atoms with Crippen molar-refractivity contribution in [2.24, 2.45) is 0 Å². The lowest BCUT2D eigenvalue weighted by Gasteiger charge is -2.19. The highest BCUT2D eigenvalue weighted by Crippen LogP contribution is 2.31. The molecule has 2 rings (SSSR count). The first-order chi connectivity index (χ1) is 9.88. The predicted molar refractivity (Wildman–Crippen MR) is 94.3 cm³/mol. The van der Waals surface area contributed by atoms with Gasteiger partial charge in [-0.25, -0.2) is 0 Å². The van der Waals surface area contributed by atoms with Crippen LogP contribution in [0.3, 0.4) is 0 Å². The lowest BCUT2D eigenvalue weighted by atomic mass is 10.1. The first kappa shape index (κ1) is 16.3. The van der Waals surface area contributed by atoms with Crippen LogP contribution in [-0.4, -0.2) is 14.1 Å². The monoisotopic (exact) mass is 342 g/mol. The Hall–Kier alpha value is -1.09. The van der Waals surface area contributed by atoms with Crippen LogP contribution in [-0.2, 0) is 0 Å². The van der Waals surface area contributed by atoms with E-state index in [1.165, 1.54) is 0 Å². The van der Waals surface area contributed by atoms with E-state index in [0.29, 0.717) is 15.1 Å². The minimum absolute atomic E-state index is 0.0254. The van der Waals surface area contributed by atoms with E-state index in [-0.39, 0.29) is 6.04 Å². The molecule has 2 aromatic rings. The summed E-state index contributed by atoms with van der Waals surface area (Å²) in [6.45, 7) is 2.03. The molecule has 0 fully saturated rings. The van der Waals surface area contributed by atoms with Crippen LogP contribution < -0.4 is 10.2 Å². The van der Waals surface area contributed by atoms with Gasteiger partial charge in [-0.05, 0) is 48.9 Å². The highest BCUT2D eigenvalue weighted by molar-refractivity contribution is 6.34. The van der Waals surface area contributed by atoms with Crippen LogP contribution in [0.4, 0.5) is 11.4 Å². The van der Waals surface area contributed by atoms with Crippen molar-refractivity contribution in [1.82, 2.24) is 0 Å². The highest BCUT2D eigenvalue weighted by Gasteiger charge is 2.11. The van der Waals surface area contributed by atoms with Crippen LogP contribution in [0.25, 0.3) is 0 Å². The van der Waals surface area contributed by atoms with Gasteiger partial charge in [-0.3, -0.25) is 0 Å². The molecule has 112 valence electrons. The Labute approximate surface area is 140 Å². The minimum Gasteiger partial charge on any atom is -0.378 e. The van der Waals surface area contributed by atoms with Crippen LogP contribution in [0.5, 0.6) is 0 Å². The molecule has 0 radical (unpaired) electrons. The van der Waals surface area contributed by atoms with Crippen LogP contribution in [0.2, 0.25) is 15.1 Å². The number of benzene rings is 2. The fraction of sp³-hybridized carbons (Fsp3) is 0.250. The molecule has 21 heavy (non-hydrogen) atoms. The van der Waals surface area contributed by atoms with Gasteiger partial charge < -0.3 is 10.2 Å². The summed E-state index contributed by atoms with van der Waals surface area (Å²) in [5.74, 6) is 0. The summed E-state index contributed by atoms with van der Waals surface area (Å²) in [7, 11) is 3.92. The summed E-state index contributed by atoms with van der Waals surface area (Å²) in [5, 5.41) is 5.45. The summed E-state index contributed by atoms with van der Waals surface area (Å²) in [5.41, 5.74) is 2.88. The van der Waals surface area contributed by atoms with Crippen molar-refractivity contribution in [3.63, 3.8) is 0 Å². The first-order valence-electron chi connectivity index (χ1n) is 6.57. The molecule has 2 nitrogen and oxygen atoms in total. The first-order valence-corrected chi connectivity index (χ1v) is 7.70. The molecule has 1 atom stereocenters. The number of hydrogen-bond acceptors (Lipinski definition) is 2. The van der Waals surface area contributed by atoms with E-state index in [0.717, 1.165) is 16.9 Å². The van der Waals surface area contributed by atoms with Gasteiger partial charge in [0.2, 0.25) is 0 Å². The zero-order valence-corrected chi connectivity index (χ0v) is 14.4. The van der Waals surface area contributed by atoms with E-state index < -0.39 is 0 Å². The molecule has 0 amide bonds. The summed E-state index contributed by atoms with van der Waals surface area (Å²) in [6.07, 6.45) is 0. The van der Waals surface area contributed by atoms with Crippen LogP contribution >= 0.6 is 34.8 Å². The number of anilines is 2. The molecule has 0 spiro atoms. The van der Waals surface area contributed by atoms with E-state index in [2.05, 4.69) is 5.32 Å². The Balaban J connectivity index is 2.21. The fourth-order valence-corrected chi connectivity index (χ4v) is 2.94. The summed E-state index contributed by atoms with van der Waals surface area (Å²) < 4.78 is 0. The van der Waals surface area contributed by atoms with Crippen molar-refractivity contribution in [2.75, 3.05) is 24.3 Å². The summed E-state index contributed by atoms with van der Waals surface area (Å²) in [4.78, 5) is 1.98. The average Bonchev–Trinajstić information content (AvgIpc) is 2.41. The van der Waals surface area contributed by atoms with E-state index in [4.69, 9.17) is 34.8 Å². The minimum atomic E-state index is 0.0254. The quantitative estimate of drug-likeness (QED) is 0.745. The molecule has 0 aliphatic heterocycles. The molecule has 0 saturated carbocycles. The van der Waals surface area contributed by atoms with Crippen molar-refractivity contribution in [3.05, 3.63) is 57.0 Å². The Morgan fingerprint density at radius 1 is 0.952 bits per heavy atom. The topological polar surface area (TPSA) is 15.3 Å². The van der Waals surface area contributed by atoms with Gasteiger partial charge in [0.25, 0.3) is 0 Å². The maximum atomic E-state index is 6.28. The van der Waals surface area contributed by atoms with Gasteiger partial charge in [0.1, 0.15) is 0 Å². The van der Waals surface area contributed by atoms with Crippen LogP contribution in [0.15, 0.2) is 36.4 Å². The van der Waals surface area contributed by atoms with Crippen molar-refractivity contribution in [2.45, 2.75) is 13.0 Å². The van der Waals surface area contributed by atoms with E-state index in [1.807, 2.05) is 50.2 Å². The third-order valence-corrected chi connectivity index (χ3v) is 4.12. The summed E-state index contributed by atoms with van der Waals surface area (Å²) in [6, 6.07) is 11.4. The van der Waals surface area contributed by atoms with E-state index in [9.17, 15) is 0 Å². The van der Waals surface area contributed by atoms with Gasteiger partial charge in [-0.2, -0.15) is 0 Å². The van der Waals surface area contributed by atoms with Crippen molar-refractivity contribution < 1.29 is 0 Å². The average molecular weight is 344 g/mol. The lowest BCUT2D eigenvalue weighted by molar-refractivity contribution is 0.885. The number of rotatable bonds is 4. The predicted octanol–water partition coefficient (Wildman–Crippen LogP) is 5.89. The van der Waals surface area contributed by atoms with Crippen molar-refractivity contribution in [3.8, 4) is 0 Å². The maximum absolute atomic E-state index is 6.28. The Bertz CT molecular complexity index is 641. The van der Waals surface area contributed by atoms with E-state index >= 15 is 0 Å². The molecular weight excluding hydrogens is 327 g/mol. The zero-order chi connectivity index (χ0) is 15.6. The van der Waals surface area contributed by atoms with Crippen molar-refractivity contribution >= 4 is 46.2 Å². The fourth-order valence-electron chi connectivity index (χ4n) is 2.13. The van der Waals surface area contributed by atoms with Gasteiger partial charge in [-0.1, -0.05) is 34.8 Å². The molecule has 2 aromatic carbocycles. The molecule has 0 saturated heterocycles. The van der Waals surface area contributed by atoms with Crippen molar-refractivity contribution in [1.29, 1.82) is 0 Å². The molecule has 0 aliphatic carbocycles. The second-order valence-corrected chi connectivity index (χ2v) is 6.34. The second-order valence-electron chi connectivity index (χ2n) is 5.09. The smallest absolute Gasteiger partial charge is 0.0659 e. The Morgan fingerprint density at radius 3 is 2.29 bits per heavy atom. The summed E-state index contributed by atoms with van der Waals surface area (Å²) >= 11 is 18.5. The van der Waals surface area contributed by atoms with Gasteiger partial charge in [-0.15, -0.1) is 0 Å². The van der Waals surface area contributed by atoms with Gasteiger partial charge in [0.05, 0.1) is 16.8 Å². The third kappa shape index (κ3) is 3.97. The lowest BCUT2D eigenvalue weighted by Crippen LogP contribution is -2.10. The Kier molecular flexibility index (Phi) is 5.26. The van der Waals surface area contributed by atoms with Gasteiger partial charge in [0, 0.05) is 29.8 Å². The number of hydrogen-bond donors (Lipinski definition) is 1. The van der Waals surface area contributed by atoms with Gasteiger partial charge >= 0.3 is 0 Å². The van der Waals surface area contributed by atoms with E-state index in [1.54, 1.807) is 12.1 Å². The second kappa shape index (κ2) is 6.78.